The van der Waals surface area contributed by atoms with Gasteiger partial charge in [0.1, 0.15) is 0 Å². The summed E-state index contributed by atoms with van der Waals surface area (Å²) in [4.78, 5) is 22.7. The number of carbonyl (C=O) groups is 2. The van der Waals surface area contributed by atoms with Crippen LogP contribution < -0.4 is 0 Å². The number of likely N-dealkylation sites (tertiary alicyclic amines) is 1. The lowest BCUT2D eigenvalue weighted by atomic mass is 10.0. The molecule has 0 bridgehead atoms. The summed E-state index contributed by atoms with van der Waals surface area (Å²) < 4.78 is 0. The van der Waals surface area contributed by atoms with Crippen molar-refractivity contribution < 1.29 is 30.0 Å². The lowest BCUT2D eigenvalue weighted by Gasteiger charge is -2.37. The summed E-state index contributed by atoms with van der Waals surface area (Å²) in [7, 11) is 0. The molecule has 7 heteroatoms. The van der Waals surface area contributed by atoms with Crippen molar-refractivity contribution in [1.82, 2.24) is 4.90 Å². The van der Waals surface area contributed by atoms with Crippen LogP contribution in [-0.4, -0.2) is 61.7 Å². The molecular weight excluding hydrogens is 218 g/mol. The molecule has 1 aliphatic rings. The van der Waals surface area contributed by atoms with E-state index in [-0.39, 0.29) is 12.6 Å². The Hall–Kier alpha value is -1.18. The van der Waals surface area contributed by atoms with Crippen molar-refractivity contribution in [1.29, 1.82) is 0 Å². The molecule has 1 rings (SSSR count). The molecule has 0 amide bonds. The van der Waals surface area contributed by atoms with E-state index in [2.05, 4.69) is 0 Å². The third-order valence-electron chi connectivity index (χ3n) is 2.92. The van der Waals surface area contributed by atoms with Gasteiger partial charge in [-0.25, -0.2) is 9.59 Å². The third kappa shape index (κ3) is 1.89. The molecule has 1 saturated heterocycles. The number of aliphatic hydroxyl groups excluding tert-OH is 1. The lowest BCUT2D eigenvalue weighted by molar-refractivity contribution is -0.216. The molecule has 7 nitrogen and oxygen atoms in total. The highest BCUT2D eigenvalue weighted by Gasteiger charge is 2.54. The van der Waals surface area contributed by atoms with Crippen molar-refractivity contribution in [2.75, 3.05) is 6.54 Å². The van der Waals surface area contributed by atoms with Crippen molar-refractivity contribution in [3.05, 3.63) is 0 Å². The minimum atomic E-state index is -2.76. The molecule has 1 heterocycles. The van der Waals surface area contributed by atoms with Crippen LogP contribution in [0.4, 0.5) is 0 Å². The number of rotatable bonds is 4. The van der Waals surface area contributed by atoms with Gasteiger partial charge in [0.2, 0.25) is 6.10 Å². The molecule has 92 valence electrons. The lowest BCUT2D eigenvalue weighted by Crippen LogP contribution is -2.65. The highest BCUT2D eigenvalue weighted by Crippen LogP contribution is 2.28. The predicted octanol–water partition coefficient (Wildman–Crippen LogP) is -1.31. The van der Waals surface area contributed by atoms with E-state index in [9.17, 15) is 19.8 Å². The second-order valence-corrected chi connectivity index (χ2v) is 3.96. The summed E-state index contributed by atoms with van der Waals surface area (Å²) in [6, 6.07) is -0.282. The van der Waals surface area contributed by atoms with Crippen molar-refractivity contribution in [3.63, 3.8) is 0 Å². The highest BCUT2D eigenvalue weighted by molar-refractivity contribution is 5.86. The number of aliphatic hydroxyl groups is 2. The van der Waals surface area contributed by atoms with Crippen molar-refractivity contribution in [2.24, 2.45) is 0 Å². The Bertz CT molecular complexity index is 306. The quantitative estimate of drug-likeness (QED) is 0.476. The number of hydrogen-bond acceptors (Lipinski definition) is 5. The minimum Gasteiger partial charge on any atom is -0.479 e. The molecule has 1 aliphatic heterocycles. The van der Waals surface area contributed by atoms with Crippen molar-refractivity contribution >= 4 is 11.9 Å². The summed E-state index contributed by atoms with van der Waals surface area (Å²) in [6.45, 7) is 1.92. The zero-order chi connectivity index (χ0) is 12.5. The summed E-state index contributed by atoms with van der Waals surface area (Å²) in [6.07, 6.45) is -1.06. The average Bonchev–Trinajstić information content (AvgIpc) is 2.62. The van der Waals surface area contributed by atoms with E-state index < -0.39 is 23.8 Å². The molecule has 0 aromatic heterocycles. The number of hydrogen-bond donors (Lipinski definition) is 4. The van der Waals surface area contributed by atoms with Gasteiger partial charge in [-0.15, -0.1) is 0 Å². The number of nitrogens with zero attached hydrogens (tertiary/aromatic N) is 1. The zero-order valence-electron chi connectivity index (χ0n) is 8.83. The Balaban J connectivity index is 3.05. The van der Waals surface area contributed by atoms with Gasteiger partial charge < -0.3 is 20.4 Å². The minimum absolute atomic E-state index is 0.244. The van der Waals surface area contributed by atoms with Crippen LogP contribution in [0.5, 0.6) is 0 Å². The standard InChI is InChI=1S/C9H15NO6/c1-5-3-2-4-10(5)9(16,8(14)15)6(11)7(12)13/h5-6,11,16H,2-4H2,1H3,(H,12,13)(H,14,15)/t5-,6?,9?/m0/s1. The fourth-order valence-electron chi connectivity index (χ4n) is 2.01. The molecule has 1 fully saturated rings. The molecular formula is C9H15NO6. The van der Waals surface area contributed by atoms with Crippen LogP contribution in [0.25, 0.3) is 0 Å². The monoisotopic (exact) mass is 233 g/mol. The van der Waals surface area contributed by atoms with Crippen LogP contribution >= 0.6 is 0 Å². The first kappa shape index (κ1) is 12.9. The summed E-state index contributed by atoms with van der Waals surface area (Å²) in [5.74, 6) is -3.51. The average molecular weight is 233 g/mol. The van der Waals surface area contributed by atoms with Gasteiger partial charge in [-0.3, -0.25) is 4.90 Å². The van der Waals surface area contributed by atoms with Gasteiger partial charge in [0.25, 0.3) is 5.72 Å². The summed E-state index contributed by atoms with van der Waals surface area (Å²) in [5, 5.41) is 36.7. The van der Waals surface area contributed by atoms with E-state index in [0.29, 0.717) is 12.8 Å². The van der Waals surface area contributed by atoms with Gasteiger partial charge in [-0.1, -0.05) is 0 Å². The van der Waals surface area contributed by atoms with Crippen molar-refractivity contribution in [2.45, 2.75) is 37.6 Å². The van der Waals surface area contributed by atoms with Crippen LogP contribution in [0.15, 0.2) is 0 Å². The Kier molecular flexibility index (Phi) is 3.51. The van der Waals surface area contributed by atoms with E-state index in [1.807, 2.05) is 0 Å². The number of carboxylic acids is 2. The molecule has 0 aliphatic carbocycles. The van der Waals surface area contributed by atoms with Gasteiger partial charge in [0.05, 0.1) is 0 Å². The van der Waals surface area contributed by atoms with E-state index >= 15 is 0 Å². The second kappa shape index (κ2) is 4.36. The Morgan fingerprint density at radius 3 is 2.31 bits per heavy atom. The Labute approximate surface area is 91.9 Å². The topological polar surface area (TPSA) is 118 Å². The predicted molar refractivity (Wildman–Crippen MR) is 51.6 cm³/mol. The first-order valence-electron chi connectivity index (χ1n) is 4.95. The van der Waals surface area contributed by atoms with Gasteiger partial charge in [-0.2, -0.15) is 0 Å². The van der Waals surface area contributed by atoms with Gasteiger partial charge in [-0.05, 0) is 19.8 Å². The highest BCUT2D eigenvalue weighted by atomic mass is 16.5. The first-order chi connectivity index (χ1) is 7.31. The fraction of sp³-hybridized carbons (Fsp3) is 0.778. The van der Waals surface area contributed by atoms with E-state index in [4.69, 9.17) is 10.2 Å². The summed E-state index contributed by atoms with van der Waals surface area (Å²) >= 11 is 0. The largest absolute Gasteiger partial charge is 0.479 e. The normalized spacial score (nSPS) is 27.3. The van der Waals surface area contributed by atoms with Crippen LogP contribution in [0.2, 0.25) is 0 Å². The molecule has 3 atom stereocenters. The van der Waals surface area contributed by atoms with Gasteiger partial charge >= 0.3 is 11.9 Å². The van der Waals surface area contributed by atoms with Crippen molar-refractivity contribution in [3.8, 4) is 0 Å². The zero-order valence-corrected chi connectivity index (χ0v) is 8.83. The molecule has 16 heavy (non-hydrogen) atoms. The molecule has 0 aromatic carbocycles. The number of carboxylic acid groups (broad SMARTS) is 2. The molecule has 2 unspecified atom stereocenters. The maximum atomic E-state index is 11.0. The second-order valence-electron chi connectivity index (χ2n) is 3.96. The van der Waals surface area contributed by atoms with Crippen LogP contribution in [0.1, 0.15) is 19.8 Å². The third-order valence-corrected chi connectivity index (χ3v) is 2.92. The van der Waals surface area contributed by atoms with Crippen LogP contribution in [-0.2, 0) is 9.59 Å². The summed E-state index contributed by atoms with van der Waals surface area (Å²) in [5.41, 5.74) is -2.76. The molecule has 4 N–H and O–H groups in total. The first-order valence-corrected chi connectivity index (χ1v) is 4.95. The van der Waals surface area contributed by atoms with E-state index in [1.165, 1.54) is 0 Å². The molecule has 0 aromatic rings. The van der Waals surface area contributed by atoms with Gasteiger partial charge in [0.15, 0.2) is 0 Å². The maximum Gasteiger partial charge on any atom is 0.355 e. The van der Waals surface area contributed by atoms with Crippen LogP contribution in [0.3, 0.4) is 0 Å². The number of aliphatic carboxylic acids is 2. The van der Waals surface area contributed by atoms with Gasteiger partial charge in [0, 0.05) is 12.6 Å². The molecule has 0 saturated carbocycles. The van der Waals surface area contributed by atoms with E-state index in [0.717, 1.165) is 4.90 Å². The Morgan fingerprint density at radius 1 is 1.44 bits per heavy atom. The maximum absolute atomic E-state index is 11.0. The molecule has 0 radical (unpaired) electrons. The van der Waals surface area contributed by atoms with Crippen LogP contribution in [0, 0.1) is 0 Å². The smallest absolute Gasteiger partial charge is 0.355 e. The molecule has 0 spiro atoms. The fourth-order valence-corrected chi connectivity index (χ4v) is 2.01. The van der Waals surface area contributed by atoms with E-state index in [1.54, 1.807) is 6.92 Å². The SMILES string of the molecule is C[C@H]1CCCN1C(O)(C(=O)O)C(O)C(=O)O. The Morgan fingerprint density at radius 2 is 2.00 bits per heavy atom.